The van der Waals surface area contributed by atoms with E-state index in [9.17, 15) is 15.2 Å². The van der Waals surface area contributed by atoms with Gasteiger partial charge in [0.05, 0.1) is 4.92 Å². The fraction of sp³-hybridized carbons (Fsp3) is 0.625. The van der Waals surface area contributed by atoms with Crippen LogP contribution in [0.15, 0.2) is 24.3 Å². The molecule has 116 valence electrons. The zero-order valence-electron chi connectivity index (χ0n) is 11.6. The average Bonchev–Trinajstić information content (AvgIpc) is 3.43. The average molecular weight is 340 g/mol. The first kappa shape index (κ1) is 9.26. The van der Waals surface area contributed by atoms with Gasteiger partial charge in [0.25, 0.3) is 5.69 Å². The maximum atomic E-state index is 10.9. The Hall–Kier alpha value is -1.10. The number of rotatable bonds is 1. The molecule has 0 radical (unpaired) electrons. The summed E-state index contributed by atoms with van der Waals surface area (Å²) in [5.41, 5.74) is 5.90. The monoisotopic (exact) mass is 340 g/mol. The summed E-state index contributed by atoms with van der Waals surface area (Å²) in [4.78, 5) is 21.0. The number of benzene rings is 1. The first-order valence-electron chi connectivity index (χ1n) is 8.18. The van der Waals surface area contributed by atoms with Crippen molar-refractivity contribution in [3.8, 4) is 0 Å². The molecule has 6 heteroatoms. The number of nitrogens with two attached hydrogens (primary N) is 1. The van der Waals surface area contributed by atoms with E-state index in [0.717, 1.165) is 9.63 Å². The Labute approximate surface area is 116 Å². The Morgan fingerprint density at radius 1 is 1.00 bits per heavy atom. The van der Waals surface area contributed by atoms with Gasteiger partial charge in [0, 0.05) is 17.8 Å². The molecular weight excluding hydrogens is 324 g/mol. The van der Waals surface area contributed by atoms with E-state index in [1.54, 1.807) is 0 Å². The normalized spacial score (nSPS) is 93.6. The molecule has 4 unspecified atom stereocenters. The van der Waals surface area contributed by atoms with Gasteiger partial charge in [-0.25, -0.2) is 0 Å². The van der Waals surface area contributed by atoms with Gasteiger partial charge in [-0.05, 0) is 12.1 Å². The topological polar surface area (TPSA) is 89.4 Å². The van der Waals surface area contributed by atoms with E-state index in [1.807, 2.05) is 0 Å². The molecule has 10 fully saturated rings. The molecule has 0 bridgehead atoms. The summed E-state index contributed by atoms with van der Waals surface area (Å²) >= 11 is 0. The molecule has 0 aromatic heterocycles. The van der Waals surface area contributed by atoms with Gasteiger partial charge in [-0.1, -0.05) is 0 Å². The van der Waals surface area contributed by atoms with Crippen LogP contribution in [0, 0.1) is 10.1 Å². The van der Waals surface area contributed by atoms with Gasteiger partial charge < -0.3 is 5.73 Å². The quantitative estimate of drug-likeness (QED) is 0.355. The fourth-order valence-electron chi connectivity index (χ4n) is 16.6. The standard InChI is InChI=1S/C6H6N2O2.C5H5O.C5H5.Fe/c7-5-1-3-6(4-2-5)8(9)10;6-5-3-1-2-4-5;1-2-4-5-3-1;/h1-4H,7H2;1-4,6H;1-5H;. The maximum absolute atomic E-state index is 10.9. The predicted molar refractivity (Wildman–Crippen MR) is 76.2 cm³/mol. The van der Waals surface area contributed by atoms with Crippen molar-refractivity contribution in [1.29, 1.82) is 0 Å². The summed E-state index contributed by atoms with van der Waals surface area (Å²) in [6.45, 7) is -2.90. The van der Waals surface area contributed by atoms with Crippen LogP contribution in [0.2, 0.25) is 43.3 Å². The summed E-state index contributed by atoms with van der Waals surface area (Å²) < 4.78 is 0.194. The summed E-state index contributed by atoms with van der Waals surface area (Å²) in [7, 11) is 0. The van der Waals surface area contributed by atoms with Crippen molar-refractivity contribution < 1.29 is 16.5 Å². The van der Waals surface area contributed by atoms with Crippen molar-refractivity contribution in [2.24, 2.45) is 0 Å². The Bertz CT molecular complexity index is 1180. The fourth-order valence-corrected chi connectivity index (χ4v) is 88.3. The van der Waals surface area contributed by atoms with Crippen molar-refractivity contribution >= 4 is 11.4 Å². The minimum absolute atomic E-state index is 0.0641. The molecule has 0 saturated carbocycles. The molecule has 1 aromatic rings. The van der Waals surface area contributed by atoms with E-state index in [0.29, 0.717) is 5.69 Å². The molecular formula is C16H16FeN2O3. The van der Waals surface area contributed by atoms with Crippen LogP contribution < -0.4 is 5.73 Å². The third kappa shape index (κ3) is 0.119. The second-order valence-electron chi connectivity index (χ2n) is 11.5. The Balaban J connectivity index is 0.0000000827. The first-order valence-corrected chi connectivity index (χ1v) is 14.5. The van der Waals surface area contributed by atoms with Crippen LogP contribution in [0.4, 0.5) is 11.4 Å². The van der Waals surface area contributed by atoms with Crippen LogP contribution in [-0.4, -0.2) is 14.5 Å². The molecule has 0 aliphatic carbocycles. The number of aliphatic hydroxyl groups is 1. The predicted octanol–water partition coefficient (Wildman–Crippen LogP) is 3.45. The van der Waals surface area contributed by atoms with Crippen molar-refractivity contribution in [3.05, 3.63) is 34.4 Å². The number of hydrogen-bond acceptors (Lipinski definition) is 4. The molecule has 10 aliphatic heterocycles. The molecule has 1 spiro atoms. The number of anilines is 1. The van der Waals surface area contributed by atoms with Gasteiger partial charge in [-0.3, -0.25) is 10.1 Å². The van der Waals surface area contributed by atoms with E-state index in [2.05, 4.69) is 0 Å². The number of nitrogens with zero attached hydrogens (tertiary/aromatic N) is 1. The number of fused-ring (bicyclic) bond motifs is 10. The van der Waals surface area contributed by atoms with Crippen molar-refractivity contribution in [2.75, 3.05) is 5.73 Å². The first-order chi connectivity index (χ1) is 10.2. The Morgan fingerprint density at radius 3 is 1.64 bits per heavy atom. The van der Waals surface area contributed by atoms with E-state index in [-0.39, 0.29) is 10.2 Å². The van der Waals surface area contributed by atoms with Crippen molar-refractivity contribution in [3.63, 3.8) is 0 Å². The zero-order chi connectivity index (χ0) is 14.6. The number of nitro groups is 1. The van der Waals surface area contributed by atoms with E-state index >= 15 is 0 Å². The molecule has 22 heavy (non-hydrogen) atoms. The number of non-ortho nitro benzene ring substituents is 1. The van der Waals surface area contributed by atoms with Crippen LogP contribution in [0.5, 0.6) is 0 Å². The van der Waals surface area contributed by atoms with Crippen molar-refractivity contribution in [2.45, 2.75) is 47.8 Å². The molecule has 10 heterocycles. The van der Waals surface area contributed by atoms with Crippen LogP contribution >= 0.6 is 0 Å². The minimum atomic E-state index is -2.90. The second-order valence-corrected chi connectivity index (χ2v) is 35.0. The van der Waals surface area contributed by atoms with Gasteiger partial charge in [0.1, 0.15) is 0 Å². The summed E-state index contributed by atoms with van der Waals surface area (Å²) in [5, 5.41) is 21.0. The van der Waals surface area contributed by atoms with Gasteiger partial charge in [0.2, 0.25) is 0 Å². The number of nitrogen functional groups attached to an aromatic ring is 1. The number of nitro benzene ring substituents is 1. The molecule has 11 rings (SSSR count). The molecule has 10 saturated heterocycles. The summed E-state index contributed by atoms with van der Waals surface area (Å²) in [5.74, 6) is 0. The summed E-state index contributed by atoms with van der Waals surface area (Å²) in [6.07, 6.45) is 0. The molecule has 0 amide bonds. The molecule has 10 aliphatic rings. The second kappa shape index (κ2) is 0.879. The van der Waals surface area contributed by atoms with Crippen LogP contribution in [-0.2, 0) is 6.51 Å². The van der Waals surface area contributed by atoms with Gasteiger partial charge in [-0.15, -0.1) is 0 Å². The third-order valence-electron chi connectivity index (χ3n) is 15.7. The van der Waals surface area contributed by atoms with Gasteiger partial charge in [-0.2, -0.15) is 0 Å². The van der Waals surface area contributed by atoms with Crippen molar-refractivity contribution in [1.82, 2.24) is 0 Å². The Morgan fingerprint density at radius 2 is 1.45 bits per heavy atom. The van der Waals surface area contributed by atoms with Crippen LogP contribution in [0.3, 0.4) is 0 Å². The molecule has 1 aromatic carbocycles. The van der Waals surface area contributed by atoms with Crippen LogP contribution in [0.25, 0.3) is 0 Å². The van der Waals surface area contributed by atoms with E-state index in [4.69, 9.17) is 5.73 Å². The van der Waals surface area contributed by atoms with Gasteiger partial charge in [0.15, 0.2) is 0 Å². The molecule has 3 N–H and O–H groups in total. The Kier molecular flexibility index (Phi) is 0.370. The summed E-state index contributed by atoms with van der Waals surface area (Å²) in [6, 6.07) is 5.74. The molecule has 4 atom stereocenters. The van der Waals surface area contributed by atoms with E-state index < -0.39 is 11.4 Å². The SMILES string of the molecule is Nc1ccc([N+](=O)[O-])cc1.O[C]12[CH]3[CH]4[CH]5[CH]1[Fe]45321678[CH]2[CH]1[CH]6[CH]7[CH]28. The number of hydrogen-bond donors (Lipinski definition) is 2. The van der Waals surface area contributed by atoms with Gasteiger partial charge >= 0.3 is 59.5 Å². The molecule has 5 nitrogen and oxygen atoms in total. The zero-order valence-corrected chi connectivity index (χ0v) is 12.8. The van der Waals surface area contributed by atoms with E-state index in [1.165, 1.54) is 58.0 Å². The third-order valence-corrected chi connectivity index (χ3v) is 57.6. The van der Waals surface area contributed by atoms with Crippen LogP contribution in [0.1, 0.15) is 0 Å².